The van der Waals surface area contributed by atoms with Gasteiger partial charge in [0.2, 0.25) is 0 Å². The van der Waals surface area contributed by atoms with Crippen molar-refractivity contribution in [3.63, 3.8) is 0 Å². The smallest absolute Gasteiger partial charge is 0.220 e. The van der Waals surface area contributed by atoms with E-state index in [4.69, 9.17) is 0 Å². The van der Waals surface area contributed by atoms with Crippen molar-refractivity contribution in [2.45, 2.75) is 19.8 Å². The summed E-state index contributed by atoms with van der Waals surface area (Å²) in [6, 6.07) is 8.16. The molecule has 19 heavy (non-hydrogen) atoms. The summed E-state index contributed by atoms with van der Waals surface area (Å²) in [6.45, 7) is 4.07. The molecule has 0 N–H and O–H groups in total. The Bertz CT molecular complexity index is 716. The number of halogens is 1. The summed E-state index contributed by atoms with van der Waals surface area (Å²) in [4.78, 5) is 8.59. The number of fused-ring (bicyclic) bond motifs is 1. The third kappa shape index (κ3) is 2.07. The van der Waals surface area contributed by atoms with Crippen molar-refractivity contribution in [2.24, 2.45) is 0 Å². The summed E-state index contributed by atoms with van der Waals surface area (Å²) in [5.74, 6) is 1.30. The minimum atomic E-state index is -0.254. The zero-order chi connectivity index (χ0) is 13.4. The summed E-state index contributed by atoms with van der Waals surface area (Å²) < 4.78 is 14.7. The van der Waals surface area contributed by atoms with Crippen LogP contribution in [0, 0.1) is 5.82 Å². The van der Waals surface area contributed by atoms with Crippen LogP contribution in [0.3, 0.4) is 0 Å². The van der Waals surface area contributed by atoms with Crippen molar-refractivity contribution in [1.82, 2.24) is 19.6 Å². The predicted octanol–water partition coefficient (Wildman–Crippen LogP) is 3.05. The van der Waals surface area contributed by atoms with Gasteiger partial charge in [-0.25, -0.2) is 9.37 Å². The molecule has 0 aliphatic heterocycles. The van der Waals surface area contributed by atoms with Gasteiger partial charge in [0.25, 0.3) is 5.78 Å². The number of rotatable bonds is 2. The second kappa shape index (κ2) is 4.42. The molecule has 0 aliphatic rings. The Morgan fingerprint density at radius 2 is 1.84 bits per heavy atom. The van der Waals surface area contributed by atoms with Gasteiger partial charge in [0.1, 0.15) is 5.82 Å². The zero-order valence-corrected chi connectivity index (χ0v) is 10.7. The third-order valence-electron chi connectivity index (χ3n) is 2.91. The van der Waals surface area contributed by atoms with E-state index in [1.54, 1.807) is 22.8 Å². The van der Waals surface area contributed by atoms with Crippen LogP contribution < -0.4 is 0 Å². The number of hydrogen-bond donors (Lipinski definition) is 0. The van der Waals surface area contributed by atoms with E-state index in [0.717, 1.165) is 17.1 Å². The highest BCUT2D eigenvalue weighted by atomic mass is 19.1. The monoisotopic (exact) mass is 256 g/mol. The molecule has 4 nitrogen and oxygen atoms in total. The Hall–Kier alpha value is -2.30. The van der Waals surface area contributed by atoms with E-state index in [2.05, 4.69) is 15.1 Å². The average molecular weight is 256 g/mol. The van der Waals surface area contributed by atoms with Crippen molar-refractivity contribution in [3.8, 4) is 11.3 Å². The number of benzene rings is 1. The zero-order valence-electron chi connectivity index (χ0n) is 10.7. The summed E-state index contributed by atoms with van der Waals surface area (Å²) in [6.07, 6.45) is 1.69. The van der Waals surface area contributed by atoms with Gasteiger partial charge >= 0.3 is 0 Å². The first-order valence-electron chi connectivity index (χ1n) is 6.13. The molecule has 0 spiro atoms. The number of aromatic nitrogens is 4. The van der Waals surface area contributed by atoms with Crippen LogP contribution in [0.1, 0.15) is 25.6 Å². The fraction of sp³-hybridized carbons (Fsp3) is 0.214. The lowest BCUT2D eigenvalue weighted by Crippen LogP contribution is -1.96. The van der Waals surface area contributed by atoms with E-state index in [9.17, 15) is 4.39 Å². The molecule has 0 atom stereocenters. The maximum atomic E-state index is 13.0. The fourth-order valence-corrected chi connectivity index (χ4v) is 1.89. The Labute approximate surface area is 109 Å². The Kier molecular flexibility index (Phi) is 2.74. The van der Waals surface area contributed by atoms with Crippen molar-refractivity contribution in [1.29, 1.82) is 0 Å². The Balaban J connectivity index is 2.20. The quantitative estimate of drug-likeness (QED) is 0.707. The molecule has 3 aromatic rings. The summed E-state index contributed by atoms with van der Waals surface area (Å²) >= 11 is 0. The molecule has 2 heterocycles. The molecule has 1 aromatic carbocycles. The van der Waals surface area contributed by atoms with Crippen LogP contribution in [0.15, 0.2) is 36.5 Å². The van der Waals surface area contributed by atoms with Crippen LogP contribution >= 0.6 is 0 Å². The second-order valence-electron chi connectivity index (χ2n) is 4.67. The number of nitrogens with zero attached hydrogens (tertiary/aromatic N) is 4. The van der Waals surface area contributed by atoms with Crippen LogP contribution in [0.4, 0.5) is 4.39 Å². The maximum Gasteiger partial charge on any atom is 0.252 e. The molecule has 0 unspecified atom stereocenters. The summed E-state index contributed by atoms with van der Waals surface area (Å²) in [5.41, 5.74) is 1.73. The van der Waals surface area contributed by atoms with Gasteiger partial charge in [-0.2, -0.15) is 9.50 Å². The van der Waals surface area contributed by atoms with Crippen LogP contribution in [0.5, 0.6) is 0 Å². The van der Waals surface area contributed by atoms with E-state index < -0.39 is 0 Å². The molecular formula is C14H13FN4. The second-order valence-corrected chi connectivity index (χ2v) is 4.67. The van der Waals surface area contributed by atoms with Crippen molar-refractivity contribution in [3.05, 3.63) is 48.2 Å². The molecule has 2 aromatic heterocycles. The third-order valence-corrected chi connectivity index (χ3v) is 2.91. The molecule has 5 heteroatoms. The molecule has 0 fully saturated rings. The summed E-state index contributed by atoms with van der Waals surface area (Å²) in [5, 5.41) is 4.46. The highest BCUT2D eigenvalue weighted by Gasteiger charge is 2.11. The lowest BCUT2D eigenvalue weighted by molar-refractivity contribution is 0.628. The molecular weight excluding hydrogens is 243 g/mol. The minimum absolute atomic E-state index is 0.239. The molecule has 0 saturated carbocycles. The van der Waals surface area contributed by atoms with Gasteiger partial charge in [0.05, 0.1) is 5.69 Å². The largest absolute Gasteiger partial charge is 0.252 e. The van der Waals surface area contributed by atoms with Crippen LogP contribution in [0.2, 0.25) is 0 Å². The fourth-order valence-electron chi connectivity index (χ4n) is 1.89. The molecule has 0 saturated heterocycles. The molecule has 96 valence electrons. The standard InChI is InChI=1S/C14H13FN4/c1-9(2)13-17-14-16-8-7-12(19(14)18-13)10-3-5-11(15)6-4-10/h3-9H,1-2H3. The Morgan fingerprint density at radius 3 is 2.53 bits per heavy atom. The van der Waals surface area contributed by atoms with Gasteiger partial charge in [-0.05, 0) is 30.3 Å². The molecule has 0 aliphatic carbocycles. The van der Waals surface area contributed by atoms with Crippen molar-refractivity contribution < 1.29 is 4.39 Å². The van der Waals surface area contributed by atoms with Crippen molar-refractivity contribution >= 4 is 5.78 Å². The van der Waals surface area contributed by atoms with Crippen LogP contribution in [-0.2, 0) is 0 Å². The Morgan fingerprint density at radius 1 is 1.11 bits per heavy atom. The molecule has 3 rings (SSSR count). The van der Waals surface area contributed by atoms with E-state index in [1.165, 1.54) is 12.1 Å². The van der Waals surface area contributed by atoms with E-state index in [0.29, 0.717) is 5.78 Å². The predicted molar refractivity (Wildman–Crippen MR) is 70.3 cm³/mol. The van der Waals surface area contributed by atoms with Gasteiger partial charge in [-0.3, -0.25) is 0 Å². The van der Waals surface area contributed by atoms with Gasteiger partial charge in [-0.1, -0.05) is 13.8 Å². The lowest BCUT2D eigenvalue weighted by Gasteiger charge is -2.03. The van der Waals surface area contributed by atoms with E-state index in [1.807, 2.05) is 19.9 Å². The van der Waals surface area contributed by atoms with Gasteiger partial charge in [0, 0.05) is 17.7 Å². The molecule has 0 amide bonds. The summed E-state index contributed by atoms with van der Waals surface area (Å²) in [7, 11) is 0. The average Bonchev–Trinajstić information content (AvgIpc) is 2.83. The topological polar surface area (TPSA) is 43.1 Å². The SMILES string of the molecule is CC(C)c1nc2nccc(-c3ccc(F)cc3)n2n1. The first-order chi connectivity index (χ1) is 9.15. The van der Waals surface area contributed by atoms with Gasteiger partial charge < -0.3 is 0 Å². The minimum Gasteiger partial charge on any atom is -0.220 e. The normalized spacial score (nSPS) is 11.4. The van der Waals surface area contributed by atoms with Gasteiger partial charge in [-0.15, -0.1) is 5.10 Å². The van der Waals surface area contributed by atoms with Gasteiger partial charge in [0.15, 0.2) is 5.82 Å². The molecule has 0 bridgehead atoms. The van der Waals surface area contributed by atoms with Crippen LogP contribution in [-0.4, -0.2) is 19.6 Å². The highest BCUT2D eigenvalue weighted by molar-refractivity contribution is 5.61. The maximum absolute atomic E-state index is 13.0. The van der Waals surface area contributed by atoms with E-state index >= 15 is 0 Å². The number of hydrogen-bond acceptors (Lipinski definition) is 3. The van der Waals surface area contributed by atoms with Crippen LogP contribution in [0.25, 0.3) is 17.0 Å². The molecule has 0 radical (unpaired) electrons. The first kappa shape index (κ1) is 11.8. The highest BCUT2D eigenvalue weighted by Crippen LogP contribution is 2.20. The first-order valence-corrected chi connectivity index (χ1v) is 6.13. The van der Waals surface area contributed by atoms with E-state index in [-0.39, 0.29) is 11.7 Å². The van der Waals surface area contributed by atoms with Crippen molar-refractivity contribution in [2.75, 3.05) is 0 Å². The lowest BCUT2D eigenvalue weighted by atomic mass is 10.1.